The summed E-state index contributed by atoms with van der Waals surface area (Å²) in [5, 5.41) is 9.38. The molecule has 0 bridgehead atoms. The molecule has 0 saturated heterocycles. The highest BCUT2D eigenvalue weighted by molar-refractivity contribution is 5.85. The lowest BCUT2D eigenvalue weighted by Crippen LogP contribution is -2.51. The van der Waals surface area contributed by atoms with Crippen molar-refractivity contribution in [3.8, 4) is 0 Å². The van der Waals surface area contributed by atoms with Crippen molar-refractivity contribution in [1.29, 1.82) is 0 Å². The third-order valence-corrected chi connectivity index (χ3v) is 2.63. The number of nitrogens with two attached hydrogens (primary N) is 1. The van der Waals surface area contributed by atoms with Crippen LogP contribution in [0.3, 0.4) is 0 Å². The first-order valence-electron chi connectivity index (χ1n) is 5.97. The van der Waals surface area contributed by atoms with Gasteiger partial charge in [-0.05, 0) is 19.8 Å². The number of hydrogen-bond acceptors (Lipinski definition) is 4. The van der Waals surface area contributed by atoms with Gasteiger partial charge >= 0.3 is 0 Å². The highest BCUT2D eigenvalue weighted by atomic mass is 16.2. The van der Waals surface area contributed by atoms with E-state index >= 15 is 0 Å². The maximum Gasteiger partial charge on any atom is 0.239 e. The minimum atomic E-state index is -0.763. The van der Waals surface area contributed by atoms with E-state index in [1.54, 1.807) is 6.92 Å². The third-order valence-electron chi connectivity index (χ3n) is 2.63. The molecular weight excluding hydrogens is 218 g/mol. The van der Waals surface area contributed by atoms with Crippen LogP contribution in [-0.4, -0.2) is 33.2 Å². The summed E-state index contributed by atoms with van der Waals surface area (Å²) in [5.74, 6) is 0.750. The lowest BCUT2D eigenvalue weighted by molar-refractivity contribution is -0.126. The molecule has 96 valence electrons. The molecule has 1 atom stereocenters. The summed E-state index contributed by atoms with van der Waals surface area (Å²) in [6.07, 6.45) is 4.67. The van der Waals surface area contributed by atoms with Crippen molar-refractivity contribution in [3.63, 3.8) is 0 Å². The number of hydrogen-bond donors (Lipinski definition) is 3. The molecule has 0 saturated carbocycles. The third kappa shape index (κ3) is 4.52. The smallest absolute Gasteiger partial charge is 0.239 e. The first kappa shape index (κ1) is 13.6. The van der Waals surface area contributed by atoms with E-state index in [2.05, 4.69) is 20.5 Å². The van der Waals surface area contributed by atoms with Gasteiger partial charge in [-0.1, -0.05) is 13.3 Å². The monoisotopic (exact) mass is 239 g/mol. The van der Waals surface area contributed by atoms with Crippen molar-refractivity contribution in [3.05, 3.63) is 12.2 Å². The average Bonchev–Trinajstić information content (AvgIpc) is 2.76. The first-order chi connectivity index (χ1) is 8.06. The number of aromatic amines is 1. The minimum Gasteiger partial charge on any atom is -0.355 e. The van der Waals surface area contributed by atoms with Crippen molar-refractivity contribution >= 4 is 5.91 Å². The average molecular weight is 239 g/mol. The molecule has 1 heterocycles. The predicted octanol–water partition coefficient (Wildman–Crippen LogP) is 0.371. The normalized spacial score (nSPS) is 14.3. The van der Waals surface area contributed by atoms with E-state index in [9.17, 15) is 4.79 Å². The molecule has 6 nitrogen and oxygen atoms in total. The summed E-state index contributed by atoms with van der Waals surface area (Å²) in [6.45, 7) is 4.39. The predicted molar refractivity (Wildman–Crippen MR) is 65.2 cm³/mol. The molecule has 0 spiro atoms. The van der Waals surface area contributed by atoms with E-state index in [0.717, 1.165) is 25.1 Å². The Morgan fingerprint density at radius 1 is 1.65 bits per heavy atom. The SMILES string of the molecule is CCCC(C)(N)C(=O)NCCCc1ncn[nH]1. The second-order valence-electron chi connectivity index (χ2n) is 4.46. The quantitative estimate of drug-likeness (QED) is 0.599. The highest BCUT2D eigenvalue weighted by Gasteiger charge is 2.26. The van der Waals surface area contributed by atoms with Gasteiger partial charge in [0, 0.05) is 13.0 Å². The topological polar surface area (TPSA) is 96.7 Å². The van der Waals surface area contributed by atoms with Gasteiger partial charge in [-0.2, -0.15) is 5.10 Å². The van der Waals surface area contributed by atoms with E-state index in [1.807, 2.05) is 6.92 Å². The number of nitrogens with zero attached hydrogens (tertiary/aromatic N) is 2. The molecule has 1 rings (SSSR count). The van der Waals surface area contributed by atoms with E-state index in [-0.39, 0.29) is 5.91 Å². The molecule has 6 heteroatoms. The Balaban J connectivity index is 2.20. The lowest BCUT2D eigenvalue weighted by atomic mass is 9.96. The van der Waals surface area contributed by atoms with Crippen molar-refractivity contribution < 1.29 is 4.79 Å². The zero-order valence-electron chi connectivity index (χ0n) is 10.5. The molecule has 0 aliphatic heterocycles. The van der Waals surface area contributed by atoms with Gasteiger partial charge in [0.05, 0.1) is 5.54 Å². The maximum atomic E-state index is 11.7. The number of nitrogens with one attached hydrogen (secondary N) is 2. The maximum absolute atomic E-state index is 11.7. The van der Waals surface area contributed by atoms with Gasteiger partial charge in [-0.3, -0.25) is 9.89 Å². The highest BCUT2D eigenvalue weighted by Crippen LogP contribution is 2.08. The van der Waals surface area contributed by atoms with Crippen LogP contribution in [0.25, 0.3) is 0 Å². The second-order valence-corrected chi connectivity index (χ2v) is 4.46. The Morgan fingerprint density at radius 2 is 2.41 bits per heavy atom. The van der Waals surface area contributed by atoms with Crippen LogP contribution in [0.5, 0.6) is 0 Å². The van der Waals surface area contributed by atoms with Crippen LogP contribution >= 0.6 is 0 Å². The molecule has 0 fully saturated rings. The molecule has 1 unspecified atom stereocenters. The fourth-order valence-corrected chi connectivity index (χ4v) is 1.64. The van der Waals surface area contributed by atoms with Crippen molar-refractivity contribution in [1.82, 2.24) is 20.5 Å². The molecule has 4 N–H and O–H groups in total. The second kappa shape index (κ2) is 6.34. The van der Waals surface area contributed by atoms with Crippen LogP contribution in [0.4, 0.5) is 0 Å². The van der Waals surface area contributed by atoms with Crippen LogP contribution in [0.15, 0.2) is 6.33 Å². The molecule has 0 aromatic carbocycles. The largest absolute Gasteiger partial charge is 0.355 e. The van der Waals surface area contributed by atoms with Crippen LogP contribution in [0.2, 0.25) is 0 Å². The van der Waals surface area contributed by atoms with Gasteiger partial charge in [0.25, 0.3) is 0 Å². The zero-order chi connectivity index (χ0) is 12.7. The summed E-state index contributed by atoms with van der Waals surface area (Å²) in [4.78, 5) is 15.8. The van der Waals surface area contributed by atoms with E-state index in [0.29, 0.717) is 13.0 Å². The summed E-state index contributed by atoms with van der Waals surface area (Å²) in [6, 6.07) is 0. The Hall–Kier alpha value is -1.43. The zero-order valence-corrected chi connectivity index (χ0v) is 10.5. The molecule has 0 aliphatic rings. The molecule has 17 heavy (non-hydrogen) atoms. The van der Waals surface area contributed by atoms with Crippen molar-refractivity contribution in [2.24, 2.45) is 5.73 Å². The Kier molecular flexibility index (Phi) is 5.09. The van der Waals surface area contributed by atoms with Gasteiger partial charge in [0.15, 0.2) is 0 Å². The number of rotatable bonds is 7. The Labute approximate surface area is 101 Å². The molecule has 1 aromatic rings. The van der Waals surface area contributed by atoms with E-state index < -0.39 is 5.54 Å². The number of H-pyrrole nitrogens is 1. The summed E-state index contributed by atoms with van der Waals surface area (Å²) >= 11 is 0. The number of aromatic nitrogens is 3. The fraction of sp³-hybridized carbons (Fsp3) is 0.727. The summed E-state index contributed by atoms with van der Waals surface area (Å²) in [7, 11) is 0. The van der Waals surface area contributed by atoms with Gasteiger partial charge < -0.3 is 11.1 Å². The molecule has 1 amide bonds. The summed E-state index contributed by atoms with van der Waals surface area (Å²) < 4.78 is 0. The fourth-order valence-electron chi connectivity index (χ4n) is 1.64. The van der Waals surface area contributed by atoms with Gasteiger partial charge in [-0.25, -0.2) is 4.98 Å². The minimum absolute atomic E-state index is 0.0862. The van der Waals surface area contributed by atoms with Crippen LogP contribution in [0, 0.1) is 0 Å². The standard InChI is InChI=1S/C11H21N5O/c1-3-6-11(2,12)10(17)13-7-4-5-9-14-8-15-16-9/h8H,3-7,12H2,1-2H3,(H,13,17)(H,14,15,16). The van der Waals surface area contributed by atoms with E-state index in [4.69, 9.17) is 5.73 Å². The number of carbonyl (C=O) groups is 1. The number of aryl methyl sites for hydroxylation is 1. The lowest BCUT2D eigenvalue weighted by Gasteiger charge is -2.22. The number of carbonyl (C=O) groups excluding carboxylic acids is 1. The van der Waals surface area contributed by atoms with E-state index in [1.165, 1.54) is 6.33 Å². The van der Waals surface area contributed by atoms with Crippen molar-refractivity contribution in [2.45, 2.75) is 45.1 Å². The molecule has 0 radical (unpaired) electrons. The number of amides is 1. The van der Waals surface area contributed by atoms with Crippen LogP contribution in [0.1, 0.15) is 38.9 Å². The molecule has 1 aromatic heterocycles. The van der Waals surface area contributed by atoms with Gasteiger partial charge in [0.1, 0.15) is 12.2 Å². The first-order valence-corrected chi connectivity index (χ1v) is 5.97. The van der Waals surface area contributed by atoms with Crippen LogP contribution in [-0.2, 0) is 11.2 Å². The Bertz CT molecular complexity index is 334. The van der Waals surface area contributed by atoms with Gasteiger partial charge in [0.2, 0.25) is 5.91 Å². The molecule has 0 aliphatic carbocycles. The van der Waals surface area contributed by atoms with Crippen molar-refractivity contribution in [2.75, 3.05) is 6.54 Å². The molecular formula is C11H21N5O. The summed E-state index contributed by atoms with van der Waals surface area (Å²) in [5.41, 5.74) is 5.14. The van der Waals surface area contributed by atoms with Gasteiger partial charge in [-0.15, -0.1) is 0 Å². The Morgan fingerprint density at radius 3 is 3.00 bits per heavy atom. The van der Waals surface area contributed by atoms with Crippen LogP contribution < -0.4 is 11.1 Å².